The zero-order chi connectivity index (χ0) is 20.7. The van der Waals surface area contributed by atoms with E-state index in [0.717, 1.165) is 11.1 Å². The molecular formula is C24H17NO5. The molecule has 4 aromatic rings. The SMILES string of the molecule is O=C(Nc1ccc2cc(C(=O)O)oc2c1)OCC1c2ccccc2-c2ccccc21. The second-order valence-corrected chi connectivity index (χ2v) is 7.12. The molecule has 0 aliphatic heterocycles. The van der Waals surface area contributed by atoms with Gasteiger partial charge in [-0.25, -0.2) is 9.59 Å². The number of carboxylic acid groups (broad SMARTS) is 1. The van der Waals surface area contributed by atoms with Crippen molar-refractivity contribution in [1.82, 2.24) is 0 Å². The smallest absolute Gasteiger partial charge is 0.411 e. The molecule has 1 heterocycles. The first kappa shape index (κ1) is 18.0. The molecule has 30 heavy (non-hydrogen) atoms. The number of hydrogen-bond donors (Lipinski definition) is 2. The summed E-state index contributed by atoms with van der Waals surface area (Å²) in [6, 6.07) is 22.6. The van der Waals surface area contributed by atoms with Crippen molar-refractivity contribution in [3.63, 3.8) is 0 Å². The van der Waals surface area contributed by atoms with Crippen molar-refractivity contribution in [1.29, 1.82) is 0 Å². The van der Waals surface area contributed by atoms with Gasteiger partial charge in [0.15, 0.2) is 0 Å². The van der Waals surface area contributed by atoms with Crippen molar-refractivity contribution < 1.29 is 23.8 Å². The van der Waals surface area contributed by atoms with Gasteiger partial charge in [-0.2, -0.15) is 0 Å². The summed E-state index contributed by atoms with van der Waals surface area (Å²) in [4.78, 5) is 23.4. The van der Waals surface area contributed by atoms with Gasteiger partial charge in [0, 0.05) is 23.1 Å². The number of furan rings is 1. The summed E-state index contributed by atoms with van der Waals surface area (Å²) in [6.07, 6.45) is -0.582. The number of nitrogens with one attached hydrogen (secondary N) is 1. The number of anilines is 1. The van der Waals surface area contributed by atoms with Crippen molar-refractivity contribution >= 4 is 28.7 Å². The van der Waals surface area contributed by atoms with Gasteiger partial charge in [0.2, 0.25) is 5.76 Å². The highest BCUT2D eigenvalue weighted by Gasteiger charge is 2.29. The second kappa shape index (κ2) is 7.08. The van der Waals surface area contributed by atoms with Gasteiger partial charge >= 0.3 is 12.1 Å². The van der Waals surface area contributed by atoms with E-state index < -0.39 is 12.1 Å². The summed E-state index contributed by atoms with van der Waals surface area (Å²) >= 11 is 0. The third kappa shape index (κ3) is 3.08. The highest BCUT2D eigenvalue weighted by molar-refractivity contribution is 5.94. The molecule has 6 nitrogen and oxygen atoms in total. The van der Waals surface area contributed by atoms with E-state index in [1.807, 2.05) is 24.3 Å². The van der Waals surface area contributed by atoms with Gasteiger partial charge in [0.05, 0.1) is 0 Å². The topological polar surface area (TPSA) is 88.8 Å². The molecule has 1 aromatic heterocycles. The Hall–Kier alpha value is -4.06. The lowest BCUT2D eigenvalue weighted by Gasteiger charge is -2.14. The number of amides is 1. The maximum Gasteiger partial charge on any atom is 0.411 e. The van der Waals surface area contributed by atoms with Gasteiger partial charge in [-0.15, -0.1) is 0 Å². The van der Waals surface area contributed by atoms with Crippen LogP contribution in [0.3, 0.4) is 0 Å². The van der Waals surface area contributed by atoms with Crippen LogP contribution in [0.25, 0.3) is 22.1 Å². The third-order valence-corrected chi connectivity index (χ3v) is 5.32. The molecule has 0 saturated carbocycles. The number of carboxylic acids is 1. The monoisotopic (exact) mass is 399 g/mol. The Morgan fingerprint density at radius 3 is 2.27 bits per heavy atom. The fourth-order valence-electron chi connectivity index (χ4n) is 3.97. The van der Waals surface area contributed by atoms with Gasteiger partial charge in [-0.1, -0.05) is 48.5 Å². The molecule has 3 aromatic carbocycles. The highest BCUT2D eigenvalue weighted by Crippen LogP contribution is 2.44. The van der Waals surface area contributed by atoms with E-state index in [1.165, 1.54) is 17.2 Å². The molecule has 6 heteroatoms. The van der Waals surface area contributed by atoms with Crippen LogP contribution in [0.2, 0.25) is 0 Å². The number of carbonyl (C=O) groups is 2. The molecule has 2 N–H and O–H groups in total. The van der Waals surface area contributed by atoms with E-state index in [2.05, 4.69) is 29.6 Å². The molecule has 1 aliphatic rings. The maximum atomic E-state index is 12.4. The molecule has 0 saturated heterocycles. The maximum absolute atomic E-state index is 12.4. The lowest BCUT2D eigenvalue weighted by Crippen LogP contribution is -2.17. The Morgan fingerprint density at radius 1 is 0.933 bits per heavy atom. The molecule has 1 aliphatic carbocycles. The van der Waals surface area contributed by atoms with Crippen molar-refractivity contribution in [2.24, 2.45) is 0 Å². The van der Waals surface area contributed by atoms with E-state index >= 15 is 0 Å². The number of rotatable bonds is 4. The van der Waals surface area contributed by atoms with Crippen molar-refractivity contribution in [2.75, 3.05) is 11.9 Å². The molecule has 5 rings (SSSR count). The average molecular weight is 399 g/mol. The van der Waals surface area contributed by atoms with Crippen molar-refractivity contribution in [3.05, 3.63) is 89.7 Å². The minimum absolute atomic E-state index is 0.0196. The Labute approximate surface area is 171 Å². The summed E-state index contributed by atoms with van der Waals surface area (Å²) in [5.74, 6) is -1.31. The predicted octanol–water partition coefficient (Wildman–Crippen LogP) is 5.49. The Bertz CT molecular complexity index is 1240. The second-order valence-electron chi connectivity index (χ2n) is 7.12. The summed E-state index contributed by atoms with van der Waals surface area (Å²) in [6.45, 7) is 0.214. The molecule has 0 atom stereocenters. The van der Waals surface area contributed by atoms with Crippen LogP contribution in [0.4, 0.5) is 10.5 Å². The number of carbonyl (C=O) groups excluding carboxylic acids is 1. The van der Waals surface area contributed by atoms with E-state index in [1.54, 1.807) is 18.2 Å². The zero-order valence-electron chi connectivity index (χ0n) is 15.8. The number of fused-ring (bicyclic) bond motifs is 4. The molecule has 148 valence electrons. The number of benzene rings is 3. The highest BCUT2D eigenvalue weighted by atomic mass is 16.5. The van der Waals surface area contributed by atoms with Crippen LogP contribution in [0, 0.1) is 0 Å². The molecular weight excluding hydrogens is 382 g/mol. The van der Waals surface area contributed by atoms with Crippen LogP contribution in [-0.4, -0.2) is 23.8 Å². The predicted molar refractivity (Wildman–Crippen MR) is 112 cm³/mol. The van der Waals surface area contributed by atoms with Crippen LogP contribution < -0.4 is 5.32 Å². The fraction of sp³-hybridized carbons (Fsp3) is 0.0833. The molecule has 0 unspecified atom stereocenters. The Morgan fingerprint density at radius 2 is 1.60 bits per heavy atom. The van der Waals surface area contributed by atoms with Crippen LogP contribution in [-0.2, 0) is 4.74 Å². The first-order valence-electron chi connectivity index (χ1n) is 9.49. The Kier molecular flexibility index (Phi) is 4.25. The summed E-state index contributed by atoms with van der Waals surface area (Å²) in [5.41, 5.74) is 5.46. The number of aromatic carboxylic acids is 1. The fourth-order valence-corrected chi connectivity index (χ4v) is 3.97. The van der Waals surface area contributed by atoms with Gasteiger partial charge in [-0.05, 0) is 40.5 Å². The van der Waals surface area contributed by atoms with E-state index in [-0.39, 0.29) is 18.3 Å². The third-order valence-electron chi connectivity index (χ3n) is 5.32. The molecule has 1 amide bonds. The van der Waals surface area contributed by atoms with Crippen LogP contribution in [0.5, 0.6) is 0 Å². The average Bonchev–Trinajstić information content (AvgIpc) is 3.31. The van der Waals surface area contributed by atoms with Crippen LogP contribution in [0.1, 0.15) is 27.6 Å². The minimum Gasteiger partial charge on any atom is -0.475 e. The zero-order valence-corrected chi connectivity index (χ0v) is 15.8. The lowest BCUT2D eigenvalue weighted by molar-refractivity contribution is 0.0665. The number of hydrogen-bond acceptors (Lipinski definition) is 4. The van der Waals surface area contributed by atoms with Crippen molar-refractivity contribution in [3.8, 4) is 11.1 Å². The van der Waals surface area contributed by atoms with Gasteiger partial charge in [0.25, 0.3) is 0 Å². The van der Waals surface area contributed by atoms with E-state index in [0.29, 0.717) is 16.7 Å². The van der Waals surface area contributed by atoms with E-state index in [4.69, 9.17) is 14.3 Å². The van der Waals surface area contributed by atoms with Crippen LogP contribution in [0.15, 0.2) is 77.2 Å². The summed E-state index contributed by atoms with van der Waals surface area (Å²) in [7, 11) is 0. The first-order valence-corrected chi connectivity index (χ1v) is 9.49. The summed E-state index contributed by atoms with van der Waals surface area (Å²) < 4.78 is 10.8. The molecule has 0 radical (unpaired) electrons. The molecule has 0 fully saturated rings. The quantitative estimate of drug-likeness (QED) is 0.474. The van der Waals surface area contributed by atoms with Gasteiger partial charge in [0.1, 0.15) is 12.2 Å². The first-order chi connectivity index (χ1) is 14.6. The lowest BCUT2D eigenvalue weighted by atomic mass is 9.98. The van der Waals surface area contributed by atoms with Crippen LogP contribution >= 0.6 is 0 Å². The van der Waals surface area contributed by atoms with Crippen molar-refractivity contribution in [2.45, 2.75) is 5.92 Å². The Balaban J connectivity index is 1.31. The summed E-state index contributed by atoms with van der Waals surface area (Å²) in [5, 5.41) is 12.4. The van der Waals surface area contributed by atoms with Gasteiger partial charge < -0.3 is 14.3 Å². The molecule has 0 spiro atoms. The number of ether oxygens (including phenoxy) is 1. The standard InChI is InChI=1S/C24H17NO5/c26-23(27)22-11-14-9-10-15(12-21(14)30-22)25-24(28)29-13-20-18-7-3-1-5-16(18)17-6-2-4-8-19(17)20/h1-12,20H,13H2,(H,25,28)(H,26,27). The normalized spacial score (nSPS) is 12.4. The van der Waals surface area contributed by atoms with E-state index in [9.17, 15) is 9.59 Å². The minimum atomic E-state index is -1.14. The van der Waals surface area contributed by atoms with Gasteiger partial charge in [-0.3, -0.25) is 5.32 Å². The molecule has 0 bridgehead atoms. The largest absolute Gasteiger partial charge is 0.475 e.